The van der Waals surface area contributed by atoms with E-state index in [-0.39, 0.29) is 0 Å². The molecule has 0 aromatic heterocycles. The molecule has 1 N–H and O–H groups in total. The predicted octanol–water partition coefficient (Wildman–Crippen LogP) is 2.69. The Morgan fingerprint density at radius 3 is 2.73 bits per heavy atom. The average molecular weight is 194 g/mol. The number of nitrogens with one attached hydrogen (secondary N) is 1. The summed E-state index contributed by atoms with van der Waals surface area (Å²) >= 11 is 11.1. The quantitative estimate of drug-likeness (QED) is 0.728. The average Bonchev–Trinajstić information content (AvgIpc) is 1.95. The largest absolute Gasteiger partial charge is 0.309 e. The second-order valence-corrected chi connectivity index (χ2v) is 3.91. The van der Waals surface area contributed by atoms with Gasteiger partial charge in [-0.05, 0) is 18.8 Å². The fourth-order valence-electron chi connectivity index (χ4n) is 1.35. The summed E-state index contributed by atoms with van der Waals surface area (Å²) in [4.78, 5) is 0. The van der Waals surface area contributed by atoms with Crippen molar-refractivity contribution in [1.29, 1.82) is 0 Å². The van der Waals surface area contributed by atoms with Gasteiger partial charge in [-0.2, -0.15) is 0 Å². The first-order chi connectivity index (χ1) is 5.22. The van der Waals surface area contributed by atoms with Crippen molar-refractivity contribution in [3.05, 3.63) is 10.6 Å². The van der Waals surface area contributed by atoms with Crippen molar-refractivity contribution in [3.63, 3.8) is 0 Å². The van der Waals surface area contributed by atoms with Crippen LogP contribution in [0.25, 0.3) is 0 Å². The van der Waals surface area contributed by atoms with E-state index in [2.05, 4.69) is 12.2 Å². The highest BCUT2D eigenvalue weighted by Gasteiger charge is 2.24. The zero-order valence-electron chi connectivity index (χ0n) is 6.61. The van der Waals surface area contributed by atoms with Crippen LogP contribution in [0.4, 0.5) is 0 Å². The summed E-state index contributed by atoms with van der Waals surface area (Å²) in [5.41, 5.74) is 1.41. The second kappa shape index (κ2) is 4.34. The third-order valence-electron chi connectivity index (χ3n) is 2.05. The number of hydrogen-bond acceptors (Lipinski definition) is 1. The van der Waals surface area contributed by atoms with E-state index in [9.17, 15) is 0 Å². The molecule has 64 valence electrons. The molecule has 0 atom stereocenters. The monoisotopic (exact) mass is 193 g/mol. The van der Waals surface area contributed by atoms with E-state index in [4.69, 9.17) is 23.2 Å². The molecule has 1 nitrogen and oxygen atoms in total. The van der Waals surface area contributed by atoms with Crippen molar-refractivity contribution >= 4 is 23.2 Å². The van der Waals surface area contributed by atoms with Gasteiger partial charge in [0.2, 0.25) is 0 Å². The van der Waals surface area contributed by atoms with E-state index in [0.29, 0.717) is 17.6 Å². The van der Waals surface area contributed by atoms with Gasteiger partial charge in [-0.3, -0.25) is 0 Å². The molecule has 0 spiro atoms. The lowest BCUT2D eigenvalue weighted by molar-refractivity contribution is 0.248. The predicted molar refractivity (Wildman–Crippen MR) is 50.0 cm³/mol. The van der Waals surface area contributed by atoms with Crippen LogP contribution in [0.3, 0.4) is 0 Å². The van der Waals surface area contributed by atoms with Gasteiger partial charge in [0.15, 0.2) is 0 Å². The SMILES string of the molecule is CC1CC(NCC(Cl)=CCl)C1. The van der Waals surface area contributed by atoms with Gasteiger partial charge in [-0.15, -0.1) is 0 Å². The highest BCUT2D eigenvalue weighted by molar-refractivity contribution is 6.36. The Bertz CT molecular complexity index is 150. The molecule has 0 aliphatic heterocycles. The summed E-state index contributed by atoms with van der Waals surface area (Å²) in [5, 5.41) is 4.00. The smallest absolute Gasteiger partial charge is 0.0431 e. The zero-order chi connectivity index (χ0) is 8.27. The molecule has 11 heavy (non-hydrogen) atoms. The number of hydrogen-bond donors (Lipinski definition) is 1. The Morgan fingerprint density at radius 1 is 1.64 bits per heavy atom. The van der Waals surface area contributed by atoms with Gasteiger partial charge in [0.1, 0.15) is 0 Å². The van der Waals surface area contributed by atoms with Crippen LogP contribution in [0, 0.1) is 5.92 Å². The molecule has 0 unspecified atom stereocenters. The van der Waals surface area contributed by atoms with Crippen molar-refractivity contribution in [2.75, 3.05) is 6.54 Å². The van der Waals surface area contributed by atoms with Crippen LogP contribution in [-0.2, 0) is 0 Å². The van der Waals surface area contributed by atoms with Crippen LogP contribution >= 0.6 is 23.2 Å². The third-order valence-corrected chi connectivity index (χ3v) is 2.67. The minimum Gasteiger partial charge on any atom is -0.309 e. The molecule has 0 aromatic carbocycles. The van der Waals surface area contributed by atoms with Gasteiger partial charge in [0, 0.05) is 23.2 Å². The molecule has 0 saturated heterocycles. The zero-order valence-corrected chi connectivity index (χ0v) is 8.12. The van der Waals surface area contributed by atoms with Crippen molar-refractivity contribution < 1.29 is 0 Å². The molecule has 0 amide bonds. The van der Waals surface area contributed by atoms with E-state index in [0.717, 1.165) is 5.92 Å². The van der Waals surface area contributed by atoms with Gasteiger partial charge < -0.3 is 5.32 Å². The Balaban J connectivity index is 2.05. The van der Waals surface area contributed by atoms with Crippen LogP contribution in [0.5, 0.6) is 0 Å². The van der Waals surface area contributed by atoms with Gasteiger partial charge in [0.05, 0.1) is 0 Å². The maximum atomic E-state index is 5.69. The first kappa shape index (κ1) is 9.37. The Labute approximate surface area is 77.8 Å². The normalized spacial score (nSPS) is 31.7. The first-order valence-electron chi connectivity index (χ1n) is 3.90. The molecule has 1 aliphatic rings. The maximum Gasteiger partial charge on any atom is 0.0431 e. The lowest BCUT2D eigenvalue weighted by Crippen LogP contribution is -2.40. The summed E-state index contributed by atoms with van der Waals surface area (Å²) in [6.07, 6.45) is 2.54. The molecule has 3 heteroatoms. The maximum absolute atomic E-state index is 5.69. The lowest BCUT2D eigenvalue weighted by Gasteiger charge is -2.33. The summed E-state index contributed by atoms with van der Waals surface area (Å²) in [5.74, 6) is 0.881. The van der Waals surface area contributed by atoms with E-state index < -0.39 is 0 Å². The number of rotatable bonds is 3. The summed E-state index contributed by atoms with van der Waals surface area (Å²) < 4.78 is 0. The highest BCUT2D eigenvalue weighted by Crippen LogP contribution is 2.26. The van der Waals surface area contributed by atoms with Gasteiger partial charge in [-0.1, -0.05) is 30.1 Å². The molecule has 0 heterocycles. The minimum atomic E-state index is 0.662. The second-order valence-electron chi connectivity index (χ2n) is 3.21. The van der Waals surface area contributed by atoms with Crippen molar-refractivity contribution in [1.82, 2.24) is 5.32 Å². The standard InChI is InChI=1S/C8H13Cl2N/c1-6-2-8(3-6)11-5-7(10)4-9/h4,6,8,11H,2-3,5H2,1H3. The van der Waals surface area contributed by atoms with Crippen LogP contribution in [0.2, 0.25) is 0 Å². The van der Waals surface area contributed by atoms with Crippen LogP contribution < -0.4 is 5.32 Å². The van der Waals surface area contributed by atoms with Crippen molar-refractivity contribution in [2.45, 2.75) is 25.8 Å². The van der Waals surface area contributed by atoms with E-state index in [1.807, 2.05) is 0 Å². The molecule has 0 bridgehead atoms. The molecule has 1 rings (SSSR count). The Kier molecular flexibility index (Phi) is 3.70. The number of halogens is 2. The Hall–Kier alpha value is 0.280. The highest BCUT2D eigenvalue weighted by atomic mass is 35.5. The van der Waals surface area contributed by atoms with Crippen LogP contribution in [-0.4, -0.2) is 12.6 Å². The first-order valence-corrected chi connectivity index (χ1v) is 4.72. The fraction of sp³-hybridized carbons (Fsp3) is 0.750. The third kappa shape index (κ3) is 3.02. The van der Waals surface area contributed by atoms with Crippen molar-refractivity contribution in [3.8, 4) is 0 Å². The van der Waals surface area contributed by atoms with Gasteiger partial charge >= 0.3 is 0 Å². The molecular weight excluding hydrogens is 181 g/mol. The topological polar surface area (TPSA) is 12.0 Å². The lowest BCUT2D eigenvalue weighted by atomic mass is 9.82. The molecular formula is C8H13Cl2N. The fourth-order valence-corrected chi connectivity index (χ4v) is 1.50. The van der Waals surface area contributed by atoms with E-state index >= 15 is 0 Å². The van der Waals surface area contributed by atoms with Crippen molar-refractivity contribution in [2.24, 2.45) is 5.92 Å². The van der Waals surface area contributed by atoms with E-state index in [1.165, 1.54) is 18.4 Å². The molecule has 1 saturated carbocycles. The molecule has 0 aromatic rings. The van der Waals surface area contributed by atoms with Crippen LogP contribution in [0.15, 0.2) is 10.6 Å². The minimum absolute atomic E-state index is 0.662. The van der Waals surface area contributed by atoms with Crippen LogP contribution in [0.1, 0.15) is 19.8 Å². The molecule has 1 fully saturated rings. The molecule has 1 aliphatic carbocycles. The van der Waals surface area contributed by atoms with E-state index in [1.54, 1.807) is 0 Å². The summed E-state index contributed by atoms with van der Waals surface area (Å²) in [6.45, 7) is 2.97. The van der Waals surface area contributed by atoms with Gasteiger partial charge in [0.25, 0.3) is 0 Å². The summed E-state index contributed by atoms with van der Waals surface area (Å²) in [7, 11) is 0. The summed E-state index contributed by atoms with van der Waals surface area (Å²) in [6, 6.07) is 0.662. The van der Waals surface area contributed by atoms with Gasteiger partial charge in [-0.25, -0.2) is 0 Å². The molecule has 0 radical (unpaired) electrons. The Morgan fingerprint density at radius 2 is 2.27 bits per heavy atom.